The summed E-state index contributed by atoms with van der Waals surface area (Å²) >= 11 is 0. The van der Waals surface area contributed by atoms with Crippen LogP contribution in [0.15, 0.2) is 48.5 Å². The zero-order valence-electron chi connectivity index (χ0n) is 10.9. The van der Waals surface area contributed by atoms with Crippen LogP contribution in [0, 0.1) is 0 Å². The highest BCUT2D eigenvalue weighted by atomic mass is 16.3. The number of anilines is 2. The van der Waals surface area contributed by atoms with Gasteiger partial charge >= 0.3 is 0 Å². The van der Waals surface area contributed by atoms with Crippen molar-refractivity contribution in [2.24, 2.45) is 0 Å². The Balaban J connectivity index is 2.13. The van der Waals surface area contributed by atoms with Gasteiger partial charge in [-0.1, -0.05) is 18.2 Å². The molecule has 0 unspecified atom stereocenters. The maximum atomic E-state index is 11.9. The highest BCUT2D eigenvalue weighted by Crippen LogP contribution is 2.26. The molecule has 2 aromatic carbocycles. The Labute approximate surface area is 116 Å². The van der Waals surface area contributed by atoms with Crippen LogP contribution in [-0.2, 0) is 4.79 Å². The second-order valence-corrected chi connectivity index (χ2v) is 4.23. The summed E-state index contributed by atoms with van der Waals surface area (Å²) in [5.74, 6) is -0.648. The summed E-state index contributed by atoms with van der Waals surface area (Å²) in [6, 6.07) is 13.3. The molecule has 5 heteroatoms. The number of phenols is 1. The lowest BCUT2D eigenvalue weighted by molar-refractivity contribution is -0.114. The number of nitrogens with one attached hydrogen (secondary N) is 2. The van der Waals surface area contributed by atoms with Crippen molar-refractivity contribution >= 4 is 23.2 Å². The van der Waals surface area contributed by atoms with Crippen molar-refractivity contribution in [2.75, 3.05) is 10.6 Å². The summed E-state index contributed by atoms with van der Waals surface area (Å²) in [6.45, 7) is 1.35. The predicted octanol–water partition coefficient (Wildman–Crippen LogP) is 2.60. The van der Waals surface area contributed by atoms with Crippen molar-refractivity contribution in [3.05, 3.63) is 54.1 Å². The van der Waals surface area contributed by atoms with E-state index in [1.165, 1.54) is 19.1 Å². The van der Waals surface area contributed by atoms with Crippen LogP contribution in [0.5, 0.6) is 5.75 Å². The number of benzene rings is 2. The molecule has 0 saturated heterocycles. The topological polar surface area (TPSA) is 78.4 Å². The maximum Gasteiger partial charge on any atom is 0.255 e. The Morgan fingerprint density at radius 3 is 2.30 bits per heavy atom. The number of phenolic OH excluding ortho intramolecular Hbond substituents is 1. The molecular formula is C15H14N2O3. The van der Waals surface area contributed by atoms with Gasteiger partial charge in [-0.25, -0.2) is 0 Å². The highest BCUT2D eigenvalue weighted by molar-refractivity contribution is 6.04. The third-order valence-corrected chi connectivity index (χ3v) is 2.60. The van der Waals surface area contributed by atoms with Crippen molar-refractivity contribution in [1.82, 2.24) is 0 Å². The Morgan fingerprint density at radius 2 is 1.70 bits per heavy atom. The van der Waals surface area contributed by atoms with Gasteiger partial charge in [0.15, 0.2) is 0 Å². The molecule has 2 rings (SSSR count). The molecular weight excluding hydrogens is 256 g/mol. The number of aromatic hydroxyl groups is 1. The Morgan fingerprint density at radius 1 is 1.00 bits per heavy atom. The van der Waals surface area contributed by atoms with Crippen LogP contribution in [0.4, 0.5) is 11.4 Å². The van der Waals surface area contributed by atoms with Crippen molar-refractivity contribution in [3.8, 4) is 5.75 Å². The minimum atomic E-state index is -0.277. The van der Waals surface area contributed by atoms with E-state index in [0.29, 0.717) is 16.9 Å². The van der Waals surface area contributed by atoms with Crippen LogP contribution in [0.2, 0.25) is 0 Å². The lowest BCUT2D eigenvalue weighted by Crippen LogP contribution is -2.12. The van der Waals surface area contributed by atoms with Crippen LogP contribution in [0.25, 0.3) is 0 Å². The maximum absolute atomic E-state index is 11.9. The summed E-state index contributed by atoms with van der Waals surface area (Å²) in [5.41, 5.74) is 1.28. The van der Waals surface area contributed by atoms with E-state index in [9.17, 15) is 14.7 Å². The summed E-state index contributed by atoms with van der Waals surface area (Å²) in [6.07, 6.45) is 0. The number of hydrogen-bond donors (Lipinski definition) is 3. The lowest BCUT2D eigenvalue weighted by atomic mass is 10.2. The molecule has 2 amide bonds. The first-order valence-corrected chi connectivity index (χ1v) is 6.03. The van der Waals surface area contributed by atoms with E-state index in [-0.39, 0.29) is 17.6 Å². The number of rotatable bonds is 3. The van der Waals surface area contributed by atoms with E-state index in [4.69, 9.17) is 0 Å². The molecule has 0 aliphatic rings. The second kappa shape index (κ2) is 5.88. The largest absolute Gasteiger partial charge is 0.506 e. The van der Waals surface area contributed by atoms with E-state index in [0.717, 1.165) is 0 Å². The molecule has 0 atom stereocenters. The van der Waals surface area contributed by atoms with Gasteiger partial charge in [-0.3, -0.25) is 9.59 Å². The monoisotopic (exact) mass is 270 g/mol. The van der Waals surface area contributed by atoms with Crippen molar-refractivity contribution in [2.45, 2.75) is 6.92 Å². The molecule has 0 aromatic heterocycles. The van der Waals surface area contributed by atoms with Crippen LogP contribution >= 0.6 is 0 Å². The summed E-state index contributed by atoms with van der Waals surface area (Å²) in [7, 11) is 0. The smallest absolute Gasteiger partial charge is 0.255 e. The average molecular weight is 270 g/mol. The summed E-state index contributed by atoms with van der Waals surface area (Å²) in [5, 5.41) is 14.9. The van der Waals surface area contributed by atoms with Gasteiger partial charge in [0.1, 0.15) is 5.75 Å². The normalized spacial score (nSPS) is 9.85. The number of carbonyl (C=O) groups excluding carboxylic acids is 2. The molecule has 0 fully saturated rings. The molecule has 0 saturated carbocycles. The minimum Gasteiger partial charge on any atom is -0.506 e. The fourth-order valence-electron chi connectivity index (χ4n) is 1.70. The van der Waals surface area contributed by atoms with Crippen LogP contribution in [-0.4, -0.2) is 16.9 Å². The quantitative estimate of drug-likeness (QED) is 0.750. The standard InChI is InChI=1S/C15H14N2O3/c1-10(18)16-13-8-7-12(9-14(13)19)17-15(20)11-5-3-2-4-6-11/h2-9,19H,1H3,(H,16,18)(H,17,20). The van der Waals surface area contributed by atoms with Gasteiger partial charge < -0.3 is 15.7 Å². The molecule has 3 N–H and O–H groups in total. The molecule has 0 aliphatic heterocycles. The molecule has 2 aromatic rings. The zero-order valence-corrected chi connectivity index (χ0v) is 10.9. The Bertz CT molecular complexity index is 639. The van der Waals surface area contributed by atoms with Crippen molar-refractivity contribution < 1.29 is 14.7 Å². The van der Waals surface area contributed by atoms with Gasteiger partial charge in [-0.15, -0.1) is 0 Å². The molecule has 102 valence electrons. The van der Waals surface area contributed by atoms with E-state index < -0.39 is 0 Å². The molecule has 0 heterocycles. The fourth-order valence-corrected chi connectivity index (χ4v) is 1.70. The summed E-state index contributed by atoms with van der Waals surface area (Å²) < 4.78 is 0. The van der Waals surface area contributed by atoms with E-state index in [2.05, 4.69) is 10.6 Å². The van der Waals surface area contributed by atoms with Gasteiger partial charge in [-0.05, 0) is 24.3 Å². The molecule has 0 spiro atoms. The number of carbonyl (C=O) groups is 2. The zero-order chi connectivity index (χ0) is 14.5. The predicted molar refractivity (Wildman–Crippen MR) is 76.8 cm³/mol. The van der Waals surface area contributed by atoms with Gasteiger partial charge in [-0.2, -0.15) is 0 Å². The number of amides is 2. The first kappa shape index (κ1) is 13.6. The number of hydrogen-bond acceptors (Lipinski definition) is 3. The van der Waals surface area contributed by atoms with Gasteiger partial charge in [0.25, 0.3) is 5.91 Å². The molecule has 0 bridgehead atoms. The van der Waals surface area contributed by atoms with Gasteiger partial charge in [0.05, 0.1) is 5.69 Å². The molecule has 20 heavy (non-hydrogen) atoms. The third-order valence-electron chi connectivity index (χ3n) is 2.60. The second-order valence-electron chi connectivity index (χ2n) is 4.23. The highest BCUT2D eigenvalue weighted by Gasteiger charge is 2.08. The van der Waals surface area contributed by atoms with E-state index in [1.807, 2.05) is 6.07 Å². The Kier molecular flexibility index (Phi) is 4.00. The lowest BCUT2D eigenvalue weighted by Gasteiger charge is -2.09. The molecule has 5 nitrogen and oxygen atoms in total. The molecule has 0 aliphatic carbocycles. The summed E-state index contributed by atoms with van der Waals surface area (Å²) in [4.78, 5) is 22.8. The first-order chi connectivity index (χ1) is 9.56. The fraction of sp³-hybridized carbons (Fsp3) is 0.0667. The van der Waals surface area contributed by atoms with Gasteiger partial charge in [0, 0.05) is 24.2 Å². The average Bonchev–Trinajstić information content (AvgIpc) is 2.42. The van der Waals surface area contributed by atoms with Crippen LogP contribution in [0.1, 0.15) is 17.3 Å². The van der Waals surface area contributed by atoms with Crippen molar-refractivity contribution in [1.29, 1.82) is 0 Å². The first-order valence-electron chi connectivity index (χ1n) is 6.03. The van der Waals surface area contributed by atoms with Crippen LogP contribution in [0.3, 0.4) is 0 Å². The molecule has 0 radical (unpaired) electrons. The Hall–Kier alpha value is -2.82. The van der Waals surface area contributed by atoms with Crippen molar-refractivity contribution in [3.63, 3.8) is 0 Å². The third kappa shape index (κ3) is 3.35. The van der Waals surface area contributed by atoms with E-state index >= 15 is 0 Å². The van der Waals surface area contributed by atoms with Crippen LogP contribution < -0.4 is 10.6 Å². The SMILES string of the molecule is CC(=O)Nc1ccc(NC(=O)c2ccccc2)cc1O. The van der Waals surface area contributed by atoms with Gasteiger partial charge in [0.2, 0.25) is 5.91 Å². The van der Waals surface area contributed by atoms with E-state index in [1.54, 1.807) is 30.3 Å². The minimum absolute atomic E-state index is 0.105.